The first kappa shape index (κ1) is 11.4. The maximum absolute atomic E-state index is 10.6. The number of rotatable bonds is 3. The summed E-state index contributed by atoms with van der Waals surface area (Å²) in [6, 6.07) is 2.13. The Hall–Kier alpha value is -1.66. The van der Waals surface area contributed by atoms with E-state index >= 15 is 0 Å². The Bertz CT molecular complexity index is 433. The SMILES string of the molecule is NCc1cc(C(=O)O)cc([N+](=O)[O-])c1Cl. The van der Waals surface area contributed by atoms with Crippen LogP contribution in [0.5, 0.6) is 0 Å². The van der Waals surface area contributed by atoms with Crippen molar-refractivity contribution in [2.24, 2.45) is 5.73 Å². The van der Waals surface area contributed by atoms with Crippen LogP contribution in [0.3, 0.4) is 0 Å². The molecule has 0 radical (unpaired) electrons. The number of nitrogens with two attached hydrogens (primary N) is 1. The van der Waals surface area contributed by atoms with Crippen LogP contribution in [0.15, 0.2) is 12.1 Å². The zero-order valence-electron chi connectivity index (χ0n) is 7.44. The molecule has 0 unspecified atom stereocenters. The first-order valence-corrected chi connectivity index (χ1v) is 4.25. The van der Waals surface area contributed by atoms with E-state index in [1.165, 1.54) is 6.07 Å². The van der Waals surface area contributed by atoms with E-state index in [2.05, 4.69) is 0 Å². The van der Waals surface area contributed by atoms with Gasteiger partial charge >= 0.3 is 5.97 Å². The summed E-state index contributed by atoms with van der Waals surface area (Å²) < 4.78 is 0. The molecule has 0 bridgehead atoms. The summed E-state index contributed by atoms with van der Waals surface area (Å²) in [6.07, 6.45) is 0. The summed E-state index contributed by atoms with van der Waals surface area (Å²) in [6.45, 7) is -0.0548. The minimum absolute atomic E-state index is 0.0548. The summed E-state index contributed by atoms with van der Waals surface area (Å²) in [5.74, 6) is -1.26. The molecule has 0 aliphatic carbocycles. The van der Waals surface area contributed by atoms with Crippen molar-refractivity contribution in [2.45, 2.75) is 6.54 Å². The van der Waals surface area contributed by atoms with E-state index in [9.17, 15) is 14.9 Å². The normalized spacial score (nSPS) is 10.0. The van der Waals surface area contributed by atoms with Gasteiger partial charge in [-0.25, -0.2) is 4.79 Å². The van der Waals surface area contributed by atoms with Crippen molar-refractivity contribution in [3.8, 4) is 0 Å². The van der Waals surface area contributed by atoms with Gasteiger partial charge in [0.05, 0.1) is 10.5 Å². The predicted octanol–water partition coefficient (Wildman–Crippen LogP) is 1.41. The van der Waals surface area contributed by atoms with E-state index in [-0.39, 0.29) is 22.7 Å². The standard InChI is InChI=1S/C8H7ClN2O4/c9-7-5(3-10)1-4(8(12)13)2-6(7)11(14)15/h1-2H,3,10H2,(H,12,13). The van der Waals surface area contributed by atoms with Crippen LogP contribution >= 0.6 is 11.6 Å². The van der Waals surface area contributed by atoms with Crippen LogP contribution in [0.25, 0.3) is 0 Å². The highest BCUT2D eigenvalue weighted by Gasteiger charge is 2.19. The second kappa shape index (κ2) is 4.24. The first-order chi connectivity index (χ1) is 6.97. The molecule has 0 saturated heterocycles. The van der Waals surface area contributed by atoms with Crippen LogP contribution in [0.4, 0.5) is 5.69 Å². The first-order valence-electron chi connectivity index (χ1n) is 3.87. The summed E-state index contributed by atoms with van der Waals surface area (Å²) in [4.78, 5) is 20.5. The summed E-state index contributed by atoms with van der Waals surface area (Å²) in [5.41, 5.74) is 4.88. The Labute approximate surface area is 89.4 Å². The number of carboxylic acid groups (broad SMARTS) is 1. The minimum Gasteiger partial charge on any atom is -0.478 e. The number of nitro benzene ring substituents is 1. The van der Waals surface area contributed by atoms with Gasteiger partial charge in [0.1, 0.15) is 5.02 Å². The van der Waals surface area contributed by atoms with Crippen molar-refractivity contribution >= 4 is 23.3 Å². The third-order valence-corrected chi connectivity index (χ3v) is 2.23. The van der Waals surface area contributed by atoms with Crippen molar-refractivity contribution in [1.82, 2.24) is 0 Å². The maximum Gasteiger partial charge on any atom is 0.335 e. The number of aromatic carboxylic acids is 1. The zero-order valence-corrected chi connectivity index (χ0v) is 8.19. The molecule has 0 aliphatic rings. The number of carbonyl (C=O) groups is 1. The second-order valence-corrected chi connectivity index (χ2v) is 3.11. The molecule has 0 amide bonds. The Kier molecular flexibility index (Phi) is 3.23. The highest BCUT2D eigenvalue weighted by Crippen LogP contribution is 2.29. The van der Waals surface area contributed by atoms with Crippen LogP contribution < -0.4 is 5.73 Å². The van der Waals surface area contributed by atoms with Crippen LogP contribution in [0, 0.1) is 10.1 Å². The minimum atomic E-state index is -1.26. The van der Waals surface area contributed by atoms with E-state index in [4.69, 9.17) is 22.4 Å². The smallest absolute Gasteiger partial charge is 0.335 e. The van der Waals surface area contributed by atoms with Gasteiger partial charge < -0.3 is 10.8 Å². The van der Waals surface area contributed by atoms with Crippen molar-refractivity contribution < 1.29 is 14.8 Å². The van der Waals surface area contributed by atoms with Crippen LogP contribution in [0.2, 0.25) is 5.02 Å². The van der Waals surface area contributed by atoms with Gasteiger partial charge in [0.2, 0.25) is 0 Å². The molecule has 0 spiro atoms. The molecule has 0 atom stereocenters. The Morgan fingerprint density at radius 3 is 2.60 bits per heavy atom. The Balaban J connectivity index is 3.45. The average molecular weight is 231 g/mol. The lowest BCUT2D eigenvalue weighted by Crippen LogP contribution is -2.05. The van der Waals surface area contributed by atoms with E-state index in [0.29, 0.717) is 0 Å². The molecule has 6 nitrogen and oxygen atoms in total. The lowest BCUT2D eigenvalue weighted by Gasteiger charge is -2.03. The van der Waals surface area contributed by atoms with Crippen LogP contribution in [-0.2, 0) is 6.54 Å². The van der Waals surface area contributed by atoms with Gasteiger partial charge in [0.25, 0.3) is 5.69 Å². The molecule has 0 aromatic heterocycles. The van der Waals surface area contributed by atoms with E-state index in [0.717, 1.165) is 6.07 Å². The quantitative estimate of drug-likeness (QED) is 0.603. The molecule has 7 heteroatoms. The van der Waals surface area contributed by atoms with Gasteiger partial charge in [-0.2, -0.15) is 0 Å². The molecule has 0 fully saturated rings. The average Bonchev–Trinajstić information content (AvgIpc) is 2.17. The largest absolute Gasteiger partial charge is 0.478 e. The molecule has 1 aromatic carbocycles. The third-order valence-electron chi connectivity index (χ3n) is 1.79. The molecule has 0 saturated carbocycles. The van der Waals surface area contributed by atoms with Gasteiger partial charge in [0, 0.05) is 12.6 Å². The second-order valence-electron chi connectivity index (χ2n) is 2.73. The van der Waals surface area contributed by atoms with E-state index in [1.54, 1.807) is 0 Å². The molecular weight excluding hydrogens is 224 g/mol. The van der Waals surface area contributed by atoms with Crippen molar-refractivity contribution in [3.05, 3.63) is 38.4 Å². The van der Waals surface area contributed by atoms with E-state index in [1.807, 2.05) is 0 Å². The number of hydrogen-bond acceptors (Lipinski definition) is 4. The third kappa shape index (κ3) is 2.23. The summed E-state index contributed by atoms with van der Waals surface area (Å²) in [7, 11) is 0. The predicted molar refractivity (Wildman–Crippen MR) is 53.0 cm³/mol. The lowest BCUT2D eigenvalue weighted by atomic mass is 10.1. The van der Waals surface area contributed by atoms with Gasteiger partial charge in [-0.3, -0.25) is 10.1 Å². The van der Waals surface area contributed by atoms with Gasteiger partial charge in [-0.15, -0.1) is 0 Å². The fourth-order valence-electron chi connectivity index (χ4n) is 1.07. The molecule has 3 N–H and O–H groups in total. The highest BCUT2D eigenvalue weighted by atomic mass is 35.5. The van der Waals surface area contributed by atoms with Crippen LogP contribution in [0.1, 0.15) is 15.9 Å². The summed E-state index contributed by atoms with van der Waals surface area (Å²) >= 11 is 5.67. The topological polar surface area (TPSA) is 106 Å². The zero-order chi connectivity index (χ0) is 11.6. The number of nitrogens with zero attached hydrogens (tertiary/aromatic N) is 1. The van der Waals surface area contributed by atoms with Gasteiger partial charge in [0.15, 0.2) is 0 Å². The lowest BCUT2D eigenvalue weighted by molar-refractivity contribution is -0.384. The highest BCUT2D eigenvalue weighted by molar-refractivity contribution is 6.33. The molecule has 1 aromatic rings. The van der Waals surface area contributed by atoms with Crippen molar-refractivity contribution in [1.29, 1.82) is 0 Å². The van der Waals surface area contributed by atoms with Crippen molar-refractivity contribution in [3.63, 3.8) is 0 Å². The number of nitro groups is 1. The number of carboxylic acids is 1. The number of halogens is 1. The van der Waals surface area contributed by atoms with Gasteiger partial charge in [-0.05, 0) is 11.6 Å². The maximum atomic E-state index is 10.6. The summed E-state index contributed by atoms with van der Waals surface area (Å²) in [5, 5.41) is 19.1. The van der Waals surface area contributed by atoms with Gasteiger partial charge in [-0.1, -0.05) is 11.6 Å². The Morgan fingerprint density at radius 2 is 2.20 bits per heavy atom. The fourth-order valence-corrected chi connectivity index (χ4v) is 1.33. The van der Waals surface area contributed by atoms with Crippen molar-refractivity contribution in [2.75, 3.05) is 0 Å². The fraction of sp³-hybridized carbons (Fsp3) is 0.125. The Morgan fingerprint density at radius 1 is 1.60 bits per heavy atom. The molecule has 80 valence electrons. The number of benzene rings is 1. The van der Waals surface area contributed by atoms with Crippen LogP contribution in [-0.4, -0.2) is 16.0 Å². The molecular formula is C8H7ClN2O4. The molecule has 1 rings (SSSR count). The number of hydrogen-bond donors (Lipinski definition) is 2. The molecule has 0 aliphatic heterocycles. The molecule has 15 heavy (non-hydrogen) atoms. The monoisotopic (exact) mass is 230 g/mol. The van der Waals surface area contributed by atoms with E-state index < -0.39 is 16.6 Å². The molecule has 0 heterocycles.